The Morgan fingerprint density at radius 2 is 1.67 bits per heavy atom. The van der Waals surface area contributed by atoms with Crippen LogP contribution in [0.5, 0.6) is 0 Å². The maximum absolute atomic E-state index is 5.46. The molecular formula is C12H22. The lowest BCUT2D eigenvalue weighted by molar-refractivity contribution is 0.285. The highest BCUT2D eigenvalue weighted by Crippen LogP contribution is 2.29. The van der Waals surface area contributed by atoms with Crippen LogP contribution in [0.15, 0.2) is 0 Å². The van der Waals surface area contributed by atoms with Crippen molar-refractivity contribution in [1.82, 2.24) is 0 Å². The minimum atomic E-state index is 0.0644. The first-order valence-electron chi connectivity index (χ1n) is 4.88. The van der Waals surface area contributed by atoms with Crippen LogP contribution in [0.2, 0.25) is 0 Å². The minimum absolute atomic E-state index is 0.0644. The molecule has 0 aliphatic rings. The third kappa shape index (κ3) is 3.81. The van der Waals surface area contributed by atoms with Crippen LogP contribution in [0.25, 0.3) is 0 Å². The van der Waals surface area contributed by atoms with E-state index in [1.807, 2.05) is 0 Å². The van der Waals surface area contributed by atoms with E-state index in [2.05, 4.69) is 40.5 Å². The van der Waals surface area contributed by atoms with Gasteiger partial charge in [0.25, 0.3) is 0 Å². The molecule has 0 nitrogen and oxygen atoms in total. The van der Waals surface area contributed by atoms with Gasteiger partial charge in [-0.25, -0.2) is 0 Å². The van der Waals surface area contributed by atoms with Gasteiger partial charge in [0.2, 0.25) is 0 Å². The summed E-state index contributed by atoms with van der Waals surface area (Å²) in [5.41, 5.74) is 0.0644. The van der Waals surface area contributed by atoms with Crippen LogP contribution >= 0.6 is 0 Å². The zero-order valence-electron chi connectivity index (χ0n) is 9.15. The average molecular weight is 166 g/mol. The molecule has 0 aromatic heterocycles. The summed E-state index contributed by atoms with van der Waals surface area (Å²) in [7, 11) is 0. The Kier molecular flexibility index (Phi) is 4.39. The predicted octanol–water partition coefficient (Wildman–Crippen LogP) is 3.72. The fourth-order valence-electron chi connectivity index (χ4n) is 1.09. The molecule has 70 valence electrons. The smallest absolute Gasteiger partial charge is 0.0281 e. The third-order valence-electron chi connectivity index (χ3n) is 2.78. The monoisotopic (exact) mass is 166 g/mol. The van der Waals surface area contributed by atoms with Gasteiger partial charge in [-0.1, -0.05) is 27.2 Å². The Bertz CT molecular complexity index is 157. The molecular weight excluding hydrogens is 144 g/mol. The molecule has 0 aromatic rings. The third-order valence-corrected chi connectivity index (χ3v) is 2.78. The maximum atomic E-state index is 5.46. The molecule has 0 amide bonds. The van der Waals surface area contributed by atoms with Gasteiger partial charge in [0, 0.05) is 5.41 Å². The van der Waals surface area contributed by atoms with Gasteiger partial charge in [-0.3, -0.25) is 0 Å². The first-order valence-corrected chi connectivity index (χ1v) is 4.88. The van der Waals surface area contributed by atoms with Gasteiger partial charge < -0.3 is 0 Å². The van der Waals surface area contributed by atoms with Gasteiger partial charge in [-0.05, 0) is 32.1 Å². The van der Waals surface area contributed by atoms with E-state index in [1.54, 1.807) is 0 Å². The molecule has 0 heteroatoms. The van der Waals surface area contributed by atoms with Crippen LogP contribution in [0.4, 0.5) is 0 Å². The molecule has 0 heterocycles. The summed E-state index contributed by atoms with van der Waals surface area (Å²) in [4.78, 5) is 0. The van der Waals surface area contributed by atoms with Crippen LogP contribution in [0.1, 0.15) is 47.5 Å². The summed E-state index contributed by atoms with van der Waals surface area (Å²) in [6.07, 6.45) is 7.99. The molecule has 0 aliphatic carbocycles. The van der Waals surface area contributed by atoms with Gasteiger partial charge >= 0.3 is 0 Å². The number of terminal acetylenes is 1. The number of hydrogen-bond donors (Lipinski definition) is 0. The van der Waals surface area contributed by atoms with Crippen molar-refractivity contribution in [2.24, 2.45) is 17.3 Å². The van der Waals surface area contributed by atoms with E-state index in [-0.39, 0.29) is 5.41 Å². The van der Waals surface area contributed by atoms with Crippen LogP contribution in [0.3, 0.4) is 0 Å². The molecule has 1 atom stereocenters. The van der Waals surface area contributed by atoms with Gasteiger partial charge in [-0.15, -0.1) is 12.3 Å². The Morgan fingerprint density at radius 1 is 1.17 bits per heavy atom. The molecule has 0 rings (SSSR count). The molecule has 1 unspecified atom stereocenters. The van der Waals surface area contributed by atoms with Gasteiger partial charge in [0.05, 0.1) is 0 Å². The number of hydrogen-bond acceptors (Lipinski definition) is 0. The second-order valence-corrected chi connectivity index (χ2v) is 4.74. The number of rotatable bonds is 4. The van der Waals surface area contributed by atoms with Crippen molar-refractivity contribution < 1.29 is 0 Å². The van der Waals surface area contributed by atoms with Crippen LogP contribution in [0, 0.1) is 29.6 Å². The molecule has 0 fully saturated rings. The molecule has 12 heavy (non-hydrogen) atoms. The predicted molar refractivity (Wildman–Crippen MR) is 55.9 cm³/mol. The van der Waals surface area contributed by atoms with Crippen molar-refractivity contribution in [1.29, 1.82) is 0 Å². The lowest BCUT2D eigenvalue weighted by Crippen LogP contribution is -2.19. The van der Waals surface area contributed by atoms with E-state index < -0.39 is 0 Å². The highest BCUT2D eigenvalue weighted by Gasteiger charge is 2.22. The Morgan fingerprint density at radius 3 is 2.00 bits per heavy atom. The van der Waals surface area contributed by atoms with E-state index in [0.29, 0.717) is 5.92 Å². The SMILES string of the molecule is C#CC(C)(C)C(C)CCC(C)C. The van der Waals surface area contributed by atoms with E-state index in [9.17, 15) is 0 Å². The minimum Gasteiger partial charge on any atom is -0.120 e. The highest BCUT2D eigenvalue weighted by molar-refractivity contribution is 5.02. The van der Waals surface area contributed by atoms with E-state index in [4.69, 9.17) is 6.42 Å². The zero-order chi connectivity index (χ0) is 9.78. The fourth-order valence-corrected chi connectivity index (χ4v) is 1.09. The average Bonchev–Trinajstić information content (AvgIpc) is 2.00. The molecule has 0 N–H and O–H groups in total. The topological polar surface area (TPSA) is 0 Å². The molecule has 0 aromatic carbocycles. The maximum Gasteiger partial charge on any atom is 0.0281 e. The summed E-state index contributed by atoms with van der Waals surface area (Å²) >= 11 is 0. The first-order chi connectivity index (χ1) is 5.40. The Balaban J connectivity index is 3.89. The van der Waals surface area contributed by atoms with E-state index >= 15 is 0 Å². The molecule has 0 radical (unpaired) electrons. The van der Waals surface area contributed by atoms with E-state index in [0.717, 1.165) is 5.92 Å². The Hall–Kier alpha value is -0.440. The van der Waals surface area contributed by atoms with Gasteiger partial charge in [0.15, 0.2) is 0 Å². The summed E-state index contributed by atoms with van der Waals surface area (Å²) in [6.45, 7) is 11.1. The summed E-state index contributed by atoms with van der Waals surface area (Å²) < 4.78 is 0. The molecule has 0 saturated heterocycles. The molecule has 0 saturated carbocycles. The van der Waals surface area contributed by atoms with Crippen molar-refractivity contribution in [3.63, 3.8) is 0 Å². The summed E-state index contributed by atoms with van der Waals surface area (Å²) in [5.74, 6) is 4.29. The molecule has 0 spiro atoms. The van der Waals surface area contributed by atoms with Crippen molar-refractivity contribution >= 4 is 0 Å². The highest BCUT2D eigenvalue weighted by atomic mass is 14.3. The van der Waals surface area contributed by atoms with Crippen LogP contribution in [-0.4, -0.2) is 0 Å². The van der Waals surface area contributed by atoms with E-state index in [1.165, 1.54) is 12.8 Å². The van der Waals surface area contributed by atoms with Gasteiger partial charge in [-0.2, -0.15) is 0 Å². The quantitative estimate of drug-likeness (QED) is 0.558. The van der Waals surface area contributed by atoms with Crippen LogP contribution < -0.4 is 0 Å². The van der Waals surface area contributed by atoms with Crippen LogP contribution in [-0.2, 0) is 0 Å². The molecule has 0 aliphatic heterocycles. The first kappa shape index (κ1) is 11.6. The second-order valence-electron chi connectivity index (χ2n) is 4.74. The van der Waals surface area contributed by atoms with Crippen molar-refractivity contribution in [2.75, 3.05) is 0 Å². The van der Waals surface area contributed by atoms with Crippen molar-refractivity contribution in [3.05, 3.63) is 0 Å². The van der Waals surface area contributed by atoms with Crippen molar-refractivity contribution in [2.45, 2.75) is 47.5 Å². The lowest BCUT2D eigenvalue weighted by atomic mass is 9.77. The molecule has 0 bridgehead atoms. The lowest BCUT2D eigenvalue weighted by Gasteiger charge is -2.26. The van der Waals surface area contributed by atoms with Gasteiger partial charge in [0.1, 0.15) is 0 Å². The van der Waals surface area contributed by atoms with Crippen molar-refractivity contribution in [3.8, 4) is 12.3 Å². The summed E-state index contributed by atoms with van der Waals surface area (Å²) in [5, 5.41) is 0. The Labute approximate surface area is 77.8 Å². The summed E-state index contributed by atoms with van der Waals surface area (Å²) in [6, 6.07) is 0. The normalized spacial score (nSPS) is 14.4. The zero-order valence-corrected chi connectivity index (χ0v) is 9.15. The fraction of sp³-hybridized carbons (Fsp3) is 0.833. The largest absolute Gasteiger partial charge is 0.120 e. The second kappa shape index (κ2) is 4.55. The standard InChI is InChI=1S/C12H22/c1-7-12(5,6)11(4)9-8-10(2)3/h1,10-11H,8-9H2,2-6H3.